The highest BCUT2D eigenvalue weighted by Crippen LogP contribution is 2.22. The number of benzene rings is 1. The van der Waals surface area contributed by atoms with Crippen LogP contribution in [0, 0.1) is 13.8 Å². The van der Waals surface area contributed by atoms with Crippen molar-refractivity contribution in [2.45, 2.75) is 33.4 Å². The monoisotopic (exact) mass is 399 g/mol. The Morgan fingerprint density at radius 1 is 1.18 bits per heavy atom. The quantitative estimate of drug-likeness (QED) is 0.662. The molecule has 2 N–H and O–H groups in total. The fraction of sp³-hybridized carbons (Fsp3) is 0.238. The van der Waals surface area contributed by atoms with E-state index < -0.39 is 6.04 Å². The summed E-state index contributed by atoms with van der Waals surface area (Å²) in [5, 5.41) is 6.14. The SMILES string of the molecule is Cc1cc(C(=O)NC(C)C(=O)NCc2ccco2)c(C)n1-c1ccc(Cl)cc1. The van der Waals surface area contributed by atoms with Crippen molar-refractivity contribution < 1.29 is 14.0 Å². The molecule has 146 valence electrons. The molecule has 2 amide bonds. The number of hydrogen-bond acceptors (Lipinski definition) is 3. The van der Waals surface area contributed by atoms with Crippen LogP contribution < -0.4 is 10.6 Å². The van der Waals surface area contributed by atoms with Crippen LogP contribution in [0.4, 0.5) is 0 Å². The Bertz CT molecular complexity index is 975. The minimum absolute atomic E-state index is 0.275. The van der Waals surface area contributed by atoms with Crippen molar-refractivity contribution in [2.75, 3.05) is 0 Å². The summed E-state index contributed by atoms with van der Waals surface area (Å²) in [4.78, 5) is 25.0. The van der Waals surface area contributed by atoms with Gasteiger partial charge in [0.25, 0.3) is 5.91 Å². The molecule has 0 spiro atoms. The molecule has 0 saturated heterocycles. The molecule has 0 aliphatic carbocycles. The fourth-order valence-corrected chi connectivity index (χ4v) is 3.19. The van der Waals surface area contributed by atoms with E-state index in [0.29, 0.717) is 16.3 Å². The molecule has 0 aliphatic rings. The van der Waals surface area contributed by atoms with Crippen LogP contribution in [0.1, 0.15) is 34.4 Å². The summed E-state index contributed by atoms with van der Waals surface area (Å²) in [5.41, 5.74) is 3.15. The number of aromatic nitrogens is 1. The van der Waals surface area contributed by atoms with E-state index in [1.165, 1.54) is 0 Å². The molecule has 2 heterocycles. The Labute approximate surface area is 168 Å². The van der Waals surface area contributed by atoms with Crippen molar-refractivity contribution in [3.05, 3.63) is 76.5 Å². The lowest BCUT2D eigenvalue weighted by Gasteiger charge is -2.14. The number of halogens is 1. The first kappa shape index (κ1) is 19.8. The van der Waals surface area contributed by atoms with Gasteiger partial charge in [0, 0.05) is 22.1 Å². The molecule has 1 aromatic carbocycles. The highest BCUT2D eigenvalue weighted by molar-refractivity contribution is 6.30. The second-order valence-corrected chi connectivity index (χ2v) is 7.03. The molecule has 0 saturated carbocycles. The molecule has 1 atom stereocenters. The normalized spacial score (nSPS) is 11.9. The summed E-state index contributed by atoms with van der Waals surface area (Å²) in [6.45, 7) is 5.72. The lowest BCUT2D eigenvalue weighted by molar-refractivity contribution is -0.122. The van der Waals surface area contributed by atoms with Crippen LogP contribution in [0.15, 0.2) is 53.1 Å². The van der Waals surface area contributed by atoms with Gasteiger partial charge in [-0.05, 0) is 63.2 Å². The Balaban J connectivity index is 1.69. The summed E-state index contributed by atoms with van der Waals surface area (Å²) >= 11 is 5.96. The maximum Gasteiger partial charge on any atom is 0.253 e. The Morgan fingerprint density at radius 3 is 2.54 bits per heavy atom. The summed E-state index contributed by atoms with van der Waals surface area (Å²) in [5.74, 6) is 0.0728. The zero-order valence-corrected chi connectivity index (χ0v) is 16.7. The van der Waals surface area contributed by atoms with Crippen LogP contribution >= 0.6 is 11.6 Å². The van der Waals surface area contributed by atoms with Crippen molar-refractivity contribution in [3.63, 3.8) is 0 Å². The van der Waals surface area contributed by atoms with E-state index in [-0.39, 0.29) is 18.4 Å². The van der Waals surface area contributed by atoms with Gasteiger partial charge in [0.05, 0.1) is 18.4 Å². The van der Waals surface area contributed by atoms with Crippen molar-refractivity contribution in [1.82, 2.24) is 15.2 Å². The van der Waals surface area contributed by atoms with Crippen LogP contribution in [0.2, 0.25) is 5.02 Å². The summed E-state index contributed by atoms with van der Waals surface area (Å²) < 4.78 is 7.16. The summed E-state index contributed by atoms with van der Waals surface area (Å²) in [7, 11) is 0. The lowest BCUT2D eigenvalue weighted by Crippen LogP contribution is -2.44. The number of rotatable bonds is 6. The zero-order chi connectivity index (χ0) is 20.3. The number of carbonyl (C=O) groups excluding carboxylic acids is 2. The van der Waals surface area contributed by atoms with E-state index in [2.05, 4.69) is 10.6 Å². The Morgan fingerprint density at radius 2 is 1.89 bits per heavy atom. The van der Waals surface area contributed by atoms with Crippen LogP contribution in [-0.2, 0) is 11.3 Å². The Hall–Kier alpha value is -2.99. The van der Waals surface area contributed by atoms with Gasteiger partial charge in [0.2, 0.25) is 5.91 Å². The van der Waals surface area contributed by atoms with Crippen molar-refractivity contribution in [3.8, 4) is 5.69 Å². The third-order valence-corrected chi connectivity index (χ3v) is 4.77. The van der Waals surface area contributed by atoms with E-state index in [4.69, 9.17) is 16.0 Å². The van der Waals surface area contributed by atoms with Gasteiger partial charge in [-0.25, -0.2) is 0 Å². The maximum absolute atomic E-state index is 12.7. The molecular weight excluding hydrogens is 378 g/mol. The predicted molar refractivity (Wildman–Crippen MR) is 108 cm³/mol. The first-order valence-corrected chi connectivity index (χ1v) is 9.30. The minimum atomic E-state index is -0.680. The van der Waals surface area contributed by atoms with E-state index in [0.717, 1.165) is 17.1 Å². The van der Waals surface area contributed by atoms with Gasteiger partial charge in [0.15, 0.2) is 0 Å². The standard InChI is InChI=1S/C21H22ClN3O3/c1-13-11-19(15(3)25(13)17-8-6-16(22)7-9-17)21(27)24-14(2)20(26)23-12-18-5-4-10-28-18/h4-11,14H,12H2,1-3H3,(H,23,26)(H,24,27). The topological polar surface area (TPSA) is 76.3 Å². The molecule has 7 heteroatoms. The van der Waals surface area contributed by atoms with Crippen molar-refractivity contribution in [1.29, 1.82) is 0 Å². The van der Waals surface area contributed by atoms with Crippen molar-refractivity contribution in [2.24, 2.45) is 0 Å². The highest BCUT2D eigenvalue weighted by atomic mass is 35.5. The Kier molecular flexibility index (Phi) is 5.90. The van der Waals surface area contributed by atoms with E-state index in [9.17, 15) is 9.59 Å². The molecule has 3 aromatic rings. The predicted octanol–water partition coefficient (Wildman–Crippen LogP) is 3.78. The molecule has 0 fully saturated rings. The minimum Gasteiger partial charge on any atom is -0.467 e. The summed E-state index contributed by atoms with van der Waals surface area (Å²) in [6.07, 6.45) is 1.54. The third kappa shape index (κ3) is 4.28. The first-order valence-electron chi connectivity index (χ1n) is 8.92. The fourth-order valence-electron chi connectivity index (χ4n) is 3.06. The number of nitrogens with zero attached hydrogens (tertiary/aromatic N) is 1. The van der Waals surface area contributed by atoms with E-state index >= 15 is 0 Å². The first-order chi connectivity index (χ1) is 13.4. The molecule has 2 aromatic heterocycles. The molecule has 1 unspecified atom stereocenters. The third-order valence-electron chi connectivity index (χ3n) is 4.52. The molecule has 0 aliphatic heterocycles. The second-order valence-electron chi connectivity index (χ2n) is 6.59. The largest absolute Gasteiger partial charge is 0.467 e. The molecule has 6 nitrogen and oxygen atoms in total. The molecule has 0 bridgehead atoms. The molecule has 0 radical (unpaired) electrons. The number of aryl methyl sites for hydroxylation is 1. The maximum atomic E-state index is 12.7. The second kappa shape index (κ2) is 8.35. The van der Waals surface area contributed by atoms with E-state index in [1.54, 1.807) is 37.5 Å². The van der Waals surface area contributed by atoms with Crippen molar-refractivity contribution >= 4 is 23.4 Å². The van der Waals surface area contributed by atoms with Crippen LogP contribution in [0.5, 0.6) is 0 Å². The van der Waals surface area contributed by atoms with Crippen LogP contribution in [-0.4, -0.2) is 22.4 Å². The molecular formula is C21H22ClN3O3. The molecule has 3 rings (SSSR count). The van der Waals surface area contributed by atoms with Gasteiger partial charge in [-0.3, -0.25) is 9.59 Å². The average Bonchev–Trinajstić information content (AvgIpc) is 3.28. The smallest absolute Gasteiger partial charge is 0.253 e. The van der Waals surface area contributed by atoms with Gasteiger partial charge in [-0.15, -0.1) is 0 Å². The number of hydrogen-bond donors (Lipinski definition) is 2. The van der Waals surface area contributed by atoms with Gasteiger partial charge >= 0.3 is 0 Å². The number of furan rings is 1. The van der Waals surface area contributed by atoms with Gasteiger partial charge in [0.1, 0.15) is 11.8 Å². The van der Waals surface area contributed by atoms with Gasteiger partial charge < -0.3 is 19.6 Å². The highest BCUT2D eigenvalue weighted by Gasteiger charge is 2.21. The molecule has 28 heavy (non-hydrogen) atoms. The van der Waals surface area contributed by atoms with Crippen LogP contribution in [0.25, 0.3) is 5.69 Å². The van der Waals surface area contributed by atoms with Crippen LogP contribution in [0.3, 0.4) is 0 Å². The lowest BCUT2D eigenvalue weighted by atomic mass is 10.2. The number of nitrogens with one attached hydrogen (secondary N) is 2. The average molecular weight is 400 g/mol. The van der Waals surface area contributed by atoms with E-state index in [1.807, 2.05) is 36.6 Å². The van der Waals surface area contributed by atoms with Gasteiger partial charge in [-0.2, -0.15) is 0 Å². The zero-order valence-electron chi connectivity index (χ0n) is 16.0. The number of amides is 2. The number of carbonyl (C=O) groups is 2. The summed E-state index contributed by atoms with van der Waals surface area (Å²) in [6, 6.07) is 12.1. The van der Waals surface area contributed by atoms with Gasteiger partial charge in [-0.1, -0.05) is 11.6 Å².